The second-order valence-electron chi connectivity index (χ2n) is 5.64. The summed E-state index contributed by atoms with van der Waals surface area (Å²) in [6.07, 6.45) is 2.74. The summed E-state index contributed by atoms with van der Waals surface area (Å²) in [4.78, 5) is -0.0628. The average Bonchev–Trinajstić information content (AvgIpc) is 3.00. The molecule has 124 valence electrons. The Bertz CT molecular complexity index is 782. The minimum absolute atomic E-state index is 0.0628. The lowest BCUT2D eigenvalue weighted by Crippen LogP contribution is -2.48. The highest BCUT2D eigenvalue weighted by Crippen LogP contribution is 2.23. The molecule has 0 spiro atoms. The van der Waals surface area contributed by atoms with Crippen LogP contribution < -0.4 is 0 Å². The lowest BCUT2D eigenvalue weighted by atomic mass is 10.3. The third-order valence-electron chi connectivity index (χ3n) is 3.69. The molecule has 2 aromatic rings. The molecule has 1 saturated heterocycles. The quantitative estimate of drug-likeness (QED) is 0.855. The monoisotopic (exact) mass is 339 g/mol. The summed E-state index contributed by atoms with van der Waals surface area (Å²) in [5.74, 6) is -0.635. The van der Waals surface area contributed by atoms with E-state index in [1.807, 2.05) is 13.8 Å². The first-order valence-electron chi connectivity index (χ1n) is 7.33. The molecule has 0 N–H and O–H groups in total. The number of hydrogen-bond acceptors (Lipinski definition) is 4. The van der Waals surface area contributed by atoms with Gasteiger partial charge >= 0.3 is 0 Å². The van der Waals surface area contributed by atoms with Crippen molar-refractivity contribution in [3.63, 3.8) is 0 Å². The fraction of sp³-hybridized carbons (Fsp3) is 0.400. The van der Waals surface area contributed by atoms with E-state index in [4.69, 9.17) is 4.74 Å². The second kappa shape index (κ2) is 6.03. The molecule has 2 atom stereocenters. The molecule has 0 unspecified atom stereocenters. The molecule has 1 aliphatic heterocycles. The molecule has 0 saturated carbocycles. The molecule has 0 amide bonds. The Morgan fingerprint density at radius 1 is 1.26 bits per heavy atom. The molecule has 0 aliphatic carbocycles. The summed E-state index contributed by atoms with van der Waals surface area (Å²) in [7, 11) is -3.75. The lowest BCUT2D eigenvalue weighted by molar-refractivity contribution is -0.0440. The van der Waals surface area contributed by atoms with Crippen LogP contribution in [0.3, 0.4) is 0 Å². The lowest BCUT2D eigenvalue weighted by Gasteiger charge is -2.34. The maximum atomic E-state index is 14.3. The van der Waals surface area contributed by atoms with Crippen LogP contribution in [-0.4, -0.2) is 47.8 Å². The summed E-state index contributed by atoms with van der Waals surface area (Å²) >= 11 is 0. The molecule has 3 rings (SSSR count). The van der Waals surface area contributed by atoms with Gasteiger partial charge in [-0.25, -0.2) is 17.5 Å². The molecule has 6 nitrogen and oxygen atoms in total. The summed E-state index contributed by atoms with van der Waals surface area (Å²) < 4.78 is 48.0. The third kappa shape index (κ3) is 3.15. The van der Waals surface area contributed by atoms with Gasteiger partial charge in [0.05, 0.1) is 17.1 Å². The van der Waals surface area contributed by atoms with Gasteiger partial charge in [0.2, 0.25) is 10.0 Å². The molecule has 0 radical (unpaired) electrons. The van der Waals surface area contributed by atoms with Gasteiger partial charge in [-0.3, -0.25) is 0 Å². The molecule has 1 fully saturated rings. The van der Waals surface area contributed by atoms with E-state index < -0.39 is 15.8 Å². The second-order valence-corrected chi connectivity index (χ2v) is 7.58. The number of nitrogens with zero attached hydrogens (tertiary/aromatic N) is 3. The first-order valence-corrected chi connectivity index (χ1v) is 8.77. The number of halogens is 1. The van der Waals surface area contributed by atoms with E-state index in [0.717, 1.165) is 6.07 Å². The normalized spacial score (nSPS) is 23.1. The van der Waals surface area contributed by atoms with Crippen molar-refractivity contribution < 1.29 is 17.5 Å². The molecule has 1 aromatic heterocycles. The van der Waals surface area contributed by atoms with Gasteiger partial charge in [-0.1, -0.05) is 0 Å². The molecule has 2 heterocycles. The first-order chi connectivity index (χ1) is 10.9. The number of rotatable bonds is 3. The SMILES string of the molecule is C[C@H]1CN(S(=O)(=O)c2ccc(-n3cccn3)c(F)c2)C[C@H](C)O1. The predicted octanol–water partition coefficient (Wildman–Crippen LogP) is 1.81. The van der Waals surface area contributed by atoms with E-state index in [-0.39, 0.29) is 35.9 Å². The Morgan fingerprint density at radius 3 is 2.52 bits per heavy atom. The number of hydrogen-bond donors (Lipinski definition) is 0. The van der Waals surface area contributed by atoms with E-state index in [9.17, 15) is 12.8 Å². The van der Waals surface area contributed by atoms with Crippen LogP contribution in [0.4, 0.5) is 4.39 Å². The first kappa shape index (κ1) is 16.1. The van der Waals surface area contributed by atoms with E-state index >= 15 is 0 Å². The highest BCUT2D eigenvalue weighted by molar-refractivity contribution is 7.89. The summed E-state index contributed by atoms with van der Waals surface area (Å²) in [6.45, 7) is 4.16. The number of ether oxygens (including phenoxy) is 1. The van der Waals surface area contributed by atoms with Crippen molar-refractivity contribution >= 4 is 10.0 Å². The number of aromatic nitrogens is 2. The molecular weight excluding hydrogens is 321 g/mol. The van der Waals surface area contributed by atoms with Crippen LogP contribution in [0.1, 0.15) is 13.8 Å². The van der Waals surface area contributed by atoms with E-state index in [2.05, 4.69) is 5.10 Å². The summed E-state index contributed by atoms with van der Waals surface area (Å²) in [5, 5.41) is 3.95. The fourth-order valence-electron chi connectivity index (χ4n) is 2.72. The standard InChI is InChI=1S/C15H18FN3O3S/c1-11-9-18(10-12(2)22-11)23(20,21)13-4-5-15(14(16)8-13)19-7-3-6-17-19/h3-8,11-12H,9-10H2,1-2H3/t11-,12-/m0/s1. The Labute approximate surface area is 134 Å². The summed E-state index contributed by atoms with van der Waals surface area (Å²) in [6, 6.07) is 5.53. The highest BCUT2D eigenvalue weighted by Gasteiger charge is 2.32. The maximum absolute atomic E-state index is 14.3. The van der Waals surface area contributed by atoms with E-state index in [1.54, 1.807) is 12.3 Å². The number of benzene rings is 1. The van der Waals surface area contributed by atoms with Crippen LogP contribution >= 0.6 is 0 Å². The summed E-state index contributed by atoms with van der Waals surface area (Å²) in [5.41, 5.74) is 0.206. The third-order valence-corrected chi connectivity index (χ3v) is 5.52. The van der Waals surface area contributed by atoms with Gasteiger partial charge in [-0.05, 0) is 38.1 Å². The van der Waals surface area contributed by atoms with Crippen molar-refractivity contribution in [3.05, 3.63) is 42.5 Å². The van der Waals surface area contributed by atoms with Gasteiger partial charge in [0.25, 0.3) is 0 Å². The smallest absolute Gasteiger partial charge is 0.243 e. The van der Waals surface area contributed by atoms with E-state index in [1.165, 1.54) is 27.3 Å². The zero-order valence-corrected chi connectivity index (χ0v) is 13.7. The Morgan fingerprint density at radius 2 is 1.96 bits per heavy atom. The van der Waals surface area contributed by atoms with Crippen molar-refractivity contribution in [2.45, 2.75) is 31.0 Å². The zero-order chi connectivity index (χ0) is 16.6. The number of morpholine rings is 1. The van der Waals surface area contributed by atoms with Gasteiger partial charge in [-0.2, -0.15) is 9.40 Å². The van der Waals surface area contributed by atoms with Gasteiger partial charge in [0.1, 0.15) is 11.5 Å². The van der Waals surface area contributed by atoms with Crippen LogP contribution in [0, 0.1) is 5.82 Å². The fourth-order valence-corrected chi connectivity index (χ4v) is 4.32. The predicted molar refractivity (Wildman–Crippen MR) is 82.3 cm³/mol. The molecule has 23 heavy (non-hydrogen) atoms. The zero-order valence-electron chi connectivity index (χ0n) is 12.9. The van der Waals surface area contributed by atoms with Gasteiger partial charge < -0.3 is 4.74 Å². The minimum atomic E-state index is -3.75. The van der Waals surface area contributed by atoms with E-state index in [0.29, 0.717) is 0 Å². The van der Waals surface area contributed by atoms with Crippen LogP contribution in [0.25, 0.3) is 5.69 Å². The Balaban J connectivity index is 1.93. The topological polar surface area (TPSA) is 64.4 Å². The largest absolute Gasteiger partial charge is 0.373 e. The molecular formula is C15H18FN3O3S. The van der Waals surface area contributed by atoms with Crippen molar-refractivity contribution in [1.82, 2.24) is 14.1 Å². The van der Waals surface area contributed by atoms with Crippen molar-refractivity contribution in [2.75, 3.05) is 13.1 Å². The van der Waals surface area contributed by atoms with Crippen LogP contribution in [0.5, 0.6) is 0 Å². The molecule has 0 bridgehead atoms. The van der Waals surface area contributed by atoms with Crippen molar-refractivity contribution in [2.24, 2.45) is 0 Å². The van der Waals surface area contributed by atoms with Crippen molar-refractivity contribution in [3.8, 4) is 5.69 Å². The number of sulfonamides is 1. The average molecular weight is 339 g/mol. The molecule has 1 aromatic carbocycles. The highest BCUT2D eigenvalue weighted by atomic mass is 32.2. The van der Waals surface area contributed by atoms with Gasteiger partial charge in [0, 0.05) is 25.5 Å². The van der Waals surface area contributed by atoms with Gasteiger partial charge in [-0.15, -0.1) is 0 Å². The Hall–Kier alpha value is -1.77. The minimum Gasteiger partial charge on any atom is -0.373 e. The molecule has 8 heteroatoms. The molecule has 1 aliphatic rings. The van der Waals surface area contributed by atoms with Crippen LogP contribution in [0.15, 0.2) is 41.6 Å². The van der Waals surface area contributed by atoms with Crippen molar-refractivity contribution in [1.29, 1.82) is 0 Å². The Kier molecular flexibility index (Phi) is 4.22. The van der Waals surface area contributed by atoms with Crippen LogP contribution in [-0.2, 0) is 14.8 Å². The maximum Gasteiger partial charge on any atom is 0.243 e. The van der Waals surface area contributed by atoms with Gasteiger partial charge in [0.15, 0.2) is 0 Å². The van der Waals surface area contributed by atoms with Crippen LogP contribution in [0.2, 0.25) is 0 Å².